The van der Waals surface area contributed by atoms with Crippen LogP contribution in [0.3, 0.4) is 0 Å². The quantitative estimate of drug-likeness (QED) is 0.700. The molecule has 1 aliphatic rings. The number of carbonyl (C=O) groups is 1. The third-order valence-electron chi connectivity index (χ3n) is 5.86. The Morgan fingerprint density at radius 2 is 2.07 bits per heavy atom. The number of hydrogen-bond acceptors (Lipinski definition) is 5. The van der Waals surface area contributed by atoms with E-state index in [-0.39, 0.29) is 11.5 Å². The molecule has 2 atom stereocenters. The Morgan fingerprint density at radius 1 is 1.34 bits per heavy atom. The van der Waals surface area contributed by atoms with Gasteiger partial charge in [-0.15, -0.1) is 16.4 Å². The molecule has 152 valence electrons. The Hall–Kier alpha value is -2.54. The molecule has 1 aliphatic carbocycles. The second-order valence-corrected chi connectivity index (χ2v) is 9.13. The van der Waals surface area contributed by atoms with Crippen LogP contribution in [0.2, 0.25) is 0 Å². The third kappa shape index (κ3) is 3.48. The highest BCUT2D eigenvalue weighted by atomic mass is 32.1. The summed E-state index contributed by atoms with van der Waals surface area (Å²) in [6, 6.07) is 5.18. The molecular weight excluding hydrogens is 384 g/mol. The van der Waals surface area contributed by atoms with Crippen LogP contribution in [0.5, 0.6) is 0 Å². The maximum atomic E-state index is 13.3. The van der Waals surface area contributed by atoms with Crippen LogP contribution in [0.1, 0.15) is 54.3 Å². The standard InChI is InChI=1S/C22H26N4O2S/c1-5-16(20(27)23-19-13(3)7-6-8-14(19)4)26-22(28)18-15-10-9-12(2)11-17(15)29-21(18)24-25-26/h6-8,12,16H,5,9-11H2,1-4H3,(H,23,27). The molecule has 0 fully saturated rings. The first-order valence-electron chi connectivity index (χ1n) is 10.2. The number of thiophene rings is 1. The summed E-state index contributed by atoms with van der Waals surface area (Å²) in [5, 5.41) is 12.1. The minimum atomic E-state index is -0.698. The number of hydrogen-bond donors (Lipinski definition) is 1. The molecule has 6 nitrogen and oxygen atoms in total. The van der Waals surface area contributed by atoms with Crippen molar-refractivity contribution in [3.63, 3.8) is 0 Å². The Morgan fingerprint density at radius 3 is 2.76 bits per heavy atom. The van der Waals surface area contributed by atoms with E-state index < -0.39 is 6.04 Å². The van der Waals surface area contributed by atoms with Crippen LogP contribution in [0.25, 0.3) is 10.2 Å². The minimum absolute atomic E-state index is 0.203. The van der Waals surface area contributed by atoms with Gasteiger partial charge in [-0.2, -0.15) is 4.68 Å². The van der Waals surface area contributed by atoms with Crippen molar-refractivity contribution in [2.75, 3.05) is 5.32 Å². The molecule has 0 radical (unpaired) electrons. The van der Waals surface area contributed by atoms with Gasteiger partial charge in [0.1, 0.15) is 6.04 Å². The summed E-state index contributed by atoms with van der Waals surface area (Å²) in [4.78, 5) is 28.3. The fourth-order valence-corrected chi connectivity index (χ4v) is 5.48. The Kier molecular flexibility index (Phi) is 5.25. The smallest absolute Gasteiger partial charge is 0.279 e. The SMILES string of the molecule is CCC(C(=O)Nc1c(C)cccc1C)n1nnc2sc3c(c2c1=O)CCC(C)C3. The highest BCUT2D eigenvalue weighted by molar-refractivity contribution is 7.18. The lowest BCUT2D eigenvalue weighted by atomic mass is 9.89. The van der Waals surface area contributed by atoms with Gasteiger partial charge in [0, 0.05) is 10.6 Å². The minimum Gasteiger partial charge on any atom is -0.324 e. The van der Waals surface area contributed by atoms with Crippen molar-refractivity contribution in [3.8, 4) is 0 Å². The van der Waals surface area contributed by atoms with Gasteiger partial charge in [-0.25, -0.2) is 0 Å². The second-order valence-electron chi connectivity index (χ2n) is 8.05. The van der Waals surface area contributed by atoms with Crippen molar-refractivity contribution in [1.29, 1.82) is 0 Å². The van der Waals surface area contributed by atoms with Gasteiger partial charge < -0.3 is 5.32 Å². The molecular formula is C22H26N4O2S. The second kappa shape index (κ2) is 7.71. The van der Waals surface area contributed by atoms with Crippen LogP contribution in [0.4, 0.5) is 5.69 Å². The number of aromatic nitrogens is 3. The van der Waals surface area contributed by atoms with E-state index >= 15 is 0 Å². The molecule has 1 amide bonds. The van der Waals surface area contributed by atoms with E-state index in [4.69, 9.17) is 0 Å². The molecule has 0 aliphatic heterocycles. The average Bonchev–Trinajstić information content (AvgIpc) is 3.05. The van der Waals surface area contributed by atoms with E-state index in [0.717, 1.165) is 41.6 Å². The topological polar surface area (TPSA) is 76.9 Å². The molecule has 0 saturated heterocycles. The highest BCUT2D eigenvalue weighted by Crippen LogP contribution is 2.35. The Labute approximate surface area is 173 Å². The lowest BCUT2D eigenvalue weighted by Gasteiger charge is -2.19. The molecule has 0 spiro atoms. The number of aryl methyl sites for hydroxylation is 3. The maximum absolute atomic E-state index is 13.3. The van der Waals surface area contributed by atoms with E-state index in [1.54, 1.807) is 11.3 Å². The Balaban J connectivity index is 1.73. The molecule has 0 saturated carbocycles. The number of carbonyl (C=O) groups excluding carboxylic acids is 1. The van der Waals surface area contributed by atoms with Crippen molar-refractivity contribution in [2.24, 2.45) is 5.92 Å². The number of amides is 1. The largest absolute Gasteiger partial charge is 0.324 e. The number of nitrogens with one attached hydrogen (secondary N) is 1. The maximum Gasteiger partial charge on any atom is 0.279 e. The molecule has 0 bridgehead atoms. The lowest BCUT2D eigenvalue weighted by Crippen LogP contribution is -2.35. The van der Waals surface area contributed by atoms with Crippen LogP contribution in [-0.2, 0) is 17.6 Å². The van der Waals surface area contributed by atoms with E-state index in [2.05, 4.69) is 22.6 Å². The first kappa shape index (κ1) is 19.8. The van der Waals surface area contributed by atoms with Crippen LogP contribution in [0.15, 0.2) is 23.0 Å². The van der Waals surface area contributed by atoms with Crippen LogP contribution in [-0.4, -0.2) is 20.9 Å². The number of benzene rings is 1. The van der Waals surface area contributed by atoms with E-state index in [9.17, 15) is 9.59 Å². The third-order valence-corrected chi connectivity index (χ3v) is 7.00. The van der Waals surface area contributed by atoms with Crippen LogP contribution in [0, 0.1) is 19.8 Å². The fourth-order valence-electron chi connectivity index (χ4n) is 4.16. The molecule has 1 aromatic carbocycles. The summed E-state index contributed by atoms with van der Waals surface area (Å²) in [5.74, 6) is 0.385. The van der Waals surface area contributed by atoms with E-state index in [0.29, 0.717) is 22.6 Å². The summed E-state index contributed by atoms with van der Waals surface area (Å²) in [6.45, 7) is 8.04. The zero-order valence-electron chi connectivity index (χ0n) is 17.3. The van der Waals surface area contributed by atoms with Gasteiger partial charge in [0.05, 0.1) is 5.39 Å². The van der Waals surface area contributed by atoms with Gasteiger partial charge in [0.15, 0.2) is 4.83 Å². The van der Waals surface area contributed by atoms with Crippen LogP contribution >= 0.6 is 11.3 Å². The van der Waals surface area contributed by atoms with E-state index in [1.807, 2.05) is 39.0 Å². The highest BCUT2D eigenvalue weighted by Gasteiger charge is 2.27. The number of para-hydroxylation sites is 1. The zero-order valence-corrected chi connectivity index (χ0v) is 18.1. The van der Waals surface area contributed by atoms with Gasteiger partial charge in [-0.1, -0.05) is 37.3 Å². The molecule has 29 heavy (non-hydrogen) atoms. The monoisotopic (exact) mass is 410 g/mol. The first-order valence-corrected chi connectivity index (χ1v) is 11.0. The predicted octanol–water partition coefficient (Wildman–Crippen LogP) is 4.18. The fraction of sp³-hybridized carbons (Fsp3) is 0.455. The normalized spacial score (nSPS) is 17.2. The van der Waals surface area contributed by atoms with Gasteiger partial charge in [-0.05, 0) is 62.1 Å². The summed E-state index contributed by atoms with van der Waals surface area (Å²) in [5.41, 5.74) is 3.68. The Bertz CT molecular complexity index is 1130. The summed E-state index contributed by atoms with van der Waals surface area (Å²) in [6.07, 6.45) is 3.41. The molecule has 4 rings (SSSR count). The van der Waals surface area contributed by atoms with Crippen molar-refractivity contribution < 1.29 is 4.79 Å². The summed E-state index contributed by atoms with van der Waals surface area (Å²) >= 11 is 1.57. The molecule has 3 aromatic rings. The number of fused-ring (bicyclic) bond motifs is 3. The molecule has 7 heteroatoms. The summed E-state index contributed by atoms with van der Waals surface area (Å²) in [7, 11) is 0. The number of anilines is 1. The van der Waals surface area contributed by atoms with Gasteiger partial charge >= 0.3 is 0 Å². The van der Waals surface area contributed by atoms with Crippen LogP contribution < -0.4 is 10.9 Å². The van der Waals surface area contributed by atoms with Crippen molar-refractivity contribution in [3.05, 3.63) is 50.1 Å². The molecule has 2 aromatic heterocycles. The summed E-state index contributed by atoms with van der Waals surface area (Å²) < 4.78 is 1.27. The predicted molar refractivity (Wildman–Crippen MR) is 117 cm³/mol. The van der Waals surface area contributed by atoms with Gasteiger partial charge in [0.2, 0.25) is 5.91 Å². The van der Waals surface area contributed by atoms with Gasteiger partial charge in [-0.3, -0.25) is 9.59 Å². The number of nitrogens with zero attached hydrogens (tertiary/aromatic N) is 3. The van der Waals surface area contributed by atoms with Gasteiger partial charge in [0.25, 0.3) is 5.56 Å². The average molecular weight is 411 g/mol. The zero-order chi connectivity index (χ0) is 20.7. The lowest BCUT2D eigenvalue weighted by molar-refractivity contribution is -0.119. The molecule has 2 unspecified atom stereocenters. The first-order chi connectivity index (χ1) is 13.9. The molecule has 1 N–H and O–H groups in total. The van der Waals surface area contributed by atoms with Crippen molar-refractivity contribution in [2.45, 2.75) is 59.4 Å². The van der Waals surface area contributed by atoms with Crippen molar-refractivity contribution in [1.82, 2.24) is 15.0 Å². The molecule has 2 heterocycles. The van der Waals surface area contributed by atoms with E-state index in [1.165, 1.54) is 9.56 Å². The number of rotatable bonds is 4. The van der Waals surface area contributed by atoms with Crippen molar-refractivity contribution >= 4 is 33.1 Å².